The van der Waals surface area contributed by atoms with Crippen LogP contribution < -0.4 is 5.32 Å². The molecule has 1 rings (SSSR count). The molecule has 0 saturated carbocycles. The molecule has 0 saturated heterocycles. The van der Waals surface area contributed by atoms with Crippen molar-refractivity contribution < 1.29 is 9.53 Å². The highest BCUT2D eigenvalue weighted by Crippen LogP contribution is 2.14. The summed E-state index contributed by atoms with van der Waals surface area (Å²) in [6, 6.07) is 0. The molecule has 1 aliphatic rings. The van der Waals surface area contributed by atoms with Crippen LogP contribution >= 0.6 is 0 Å². The fourth-order valence-electron chi connectivity index (χ4n) is 1.39. The van der Waals surface area contributed by atoms with Gasteiger partial charge >= 0.3 is 5.97 Å². The van der Waals surface area contributed by atoms with Gasteiger partial charge in [-0.15, -0.1) is 0 Å². The summed E-state index contributed by atoms with van der Waals surface area (Å²) in [5.41, 5.74) is 0.822. The number of carbonyl (C=O) groups excluding carboxylic acids is 1. The molecule has 0 atom stereocenters. The van der Waals surface area contributed by atoms with Gasteiger partial charge in [0.15, 0.2) is 0 Å². The van der Waals surface area contributed by atoms with Gasteiger partial charge in [-0.3, -0.25) is 4.79 Å². The van der Waals surface area contributed by atoms with Gasteiger partial charge in [-0.1, -0.05) is 11.6 Å². The highest BCUT2D eigenvalue weighted by Gasteiger charge is 2.17. The first-order valence-corrected chi connectivity index (χ1v) is 5.08. The fourth-order valence-corrected chi connectivity index (χ4v) is 1.39. The monoisotopic (exact) mass is 197 g/mol. The quantitative estimate of drug-likeness (QED) is 0.540. The summed E-state index contributed by atoms with van der Waals surface area (Å²) in [5, 5.41) is 3.21. The van der Waals surface area contributed by atoms with Crippen molar-refractivity contribution in [3.63, 3.8) is 0 Å². The van der Waals surface area contributed by atoms with E-state index in [1.165, 1.54) is 5.57 Å². The van der Waals surface area contributed by atoms with E-state index in [4.69, 9.17) is 4.74 Å². The maximum absolute atomic E-state index is 11.4. The predicted octanol–water partition coefficient (Wildman–Crippen LogP) is 1.64. The Morgan fingerprint density at radius 1 is 1.57 bits per heavy atom. The van der Waals surface area contributed by atoms with Gasteiger partial charge in [0.25, 0.3) is 0 Å². The number of hydrogen-bond donors (Lipinski definition) is 1. The second kappa shape index (κ2) is 4.60. The lowest BCUT2D eigenvalue weighted by atomic mass is 10.1. The average Bonchev–Trinajstić information content (AvgIpc) is 2.02. The number of esters is 1. The van der Waals surface area contributed by atoms with Gasteiger partial charge in [0, 0.05) is 6.54 Å². The third-order valence-corrected chi connectivity index (χ3v) is 1.95. The molecule has 0 aromatic carbocycles. The summed E-state index contributed by atoms with van der Waals surface area (Å²) in [6.45, 7) is 7.51. The standard InChI is InChI=1S/C11H19NO2/c1-11(2,3)14-10(13)8-9-4-6-12-7-5-9/h4,12H,5-8H2,1-3H3. The third-order valence-electron chi connectivity index (χ3n) is 1.95. The van der Waals surface area contributed by atoms with Crippen molar-refractivity contribution in [3.8, 4) is 0 Å². The summed E-state index contributed by atoms with van der Waals surface area (Å²) in [6.07, 6.45) is 3.48. The van der Waals surface area contributed by atoms with Crippen molar-refractivity contribution >= 4 is 5.97 Å². The molecule has 1 aliphatic heterocycles. The highest BCUT2D eigenvalue weighted by atomic mass is 16.6. The van der Waals surface area contributed by atoms with E-state index >= 15 is 0 Å². The van der Waals surface area contributed by atoms with E-state index in [-0.39, 0.29) is 11.6 Å². The van der Waals surface area contributed by atoms with E-state index in [9.17, 15) is 4.79 Å². The summed E-state index contributed by atoms with van der Waals surface area (Å²) < 4.78 is 5.24. The van der Waals surface area contributed by atoms with Crippen LogP contribution in [0.25, 0.3) is 0 Å². The SMILES string of the molecule is CC(C)(C)OC(=O)CC1=CCNCC1. The van der Waals surface area contributed by atoms with Gasteiger partial charge in [-0.25, -0.2) is 0 Å². The van der Waals surface area contributed by atoms with Gasteiger partial charge < -0.3 is 10.1 Å². The maximum Gasteiger partial charge on any atom is 0.310 e. The van der Waals surface area contributed by atoms with Gasteiger partial charge in [-0.05, 0) is 33.7 Å². The maximum atomic E-state index is 11.4. The topological polar surface area (TPSA) is 38.3 Å². The van der Waals surface area contributed by atoms with Crippen molar-refractivity contribution in [2.24, 2.45) is 0 Å². The van der Waals surface area contributed by atoms with Crippen LogP contribution in [0.5, 0.6) is 0 Å². The smallest absolute Gasteiger partial charge is 0.310 e. The largest absolute Gasteiger partial charge is 0.460 e. The summed E-state index contributed by atoms with van der Waals surface area (Å²) in [7, 11) is 0. The molecule has 0 aromatic rings. The Hall–Kier alpha value is -0.830. The molecule has 0 unspecified atom stereocenters. The molecule has 0 radical (unpaired) electrons. The molecule has 3 nitrogen and oxygen atoms in total. The Morgan fingerprint density at radius 3 is 2.79 bits per heavy atom. The molecule has 0 aromatic heterocycles. The first kappa shape index (κ1) is 11.2. The van der Waals surface area contributed by atoms with Crippen LogP contribution in [0.4, 0.5) is 0 Å². The van der Waals surface area contributed by atoms with Crippen LogP contribution in [0, 0.1) is 0 Å². The lowest BCUT2D eigenvalue weighted by molar-refractivity contribution is -0.153. The van der Waals surface area contributed by atoms with Crippen molar-refractivity contribution in [3.05, 3.63) is 11.6 Å². The normalized spacial score (nSPS) is 17.5. The van der Waals surface area contributed by atoms with E-state index in [2.05, 4.69) is 11.4 Å². The first-order valence-electron chi connectivity index (χ1n) is 5.08. The highest BCUT2D eigenvalue weighted by molar-refractivity contribution is 5.72. The van der Waals surface area contributed by atoms with E-state index in [1.807, 2.05) is 20.8 Å². The van der Waals surface area contributed by atoms with Gasteiger partial charge in [0.05, 0.1) is 6.42 Å². The van der Waals surface area contributed by atoms with Gasteiger partial charge in [0.1, 0.15) is 5.60 Å². The van der Waals surface area contributed by atoms with Crippen LogP contribution in [0.1, 0.15) is 33.6 Å². The zero-order valence-corrected chi connectivity index (χ0v) is 9.22. The Morgan fingerprint density at radius 2 is 2.29 bits per heavy atom. The second-order valence-electron chi connectivity index (χ2n) is 4.58. The number of ether oxygens (including phenoxy) is 1. The van der Waals surface area contributed by atoms with E-state index in [0.717, 1.165) is 19.5 Å². The van der Waals surface area contributed by atoms with Crippen LogP contribution in [-0.2, 0) is 9.53 Å². The number of hydrogen-bond acceptors (Lipinski definition) is 3. The molecular formula is C11H19NO2. The molecule has 0 aliphatic carbocycles. The number of nitrogens with one attached hydrogen (secondary N) is 1. The molecule has 3 heteroatoms. The Balaban J connectivity index is 2.36. The van der Waals surface area contributed by atoms with Crippen LogP contribution in [0.3, 0.4) is 0 Å². The Kier molecular flexibility index (Phi) is 3.69. The molecule has 0 bridgehead atoms. The predicted molar refractivity (Wildman–Crippen MR) is 56.0 cm³/mol. The molecule has 80 valence electrons. The second-order valence-corrected chi connectivity index (χ2v) is 4.58. The lowest BCUT2D eigenvalue weighted by Gasteiger charge is -2.20. The summed E-state index contributed by atoms with van der Waals surface area (Å²) in [4.78, 5) is 11.4. The van der Waals surface area contributed by atoms with Gasteiger partial charge in [0.2, 0.25) is 0 Å². The molecule has 1 N–H and O–H groups in total. The van der Waals surface area contributed by atoms with Gasteiger partial charge in [-0.2, -0.15) is 0 Å². The molecule has 0 spiro atoms. The first-order chi connectivity index (χ1) is 6.47. The van der Waals surface area contributed by atoms with Crippen LogP contribution in [0.2, 0.25) is 0 Å². The lowest BCUT2D eigenvalue weighted by Crippen LogP contribution is -2.26. The van der Waals surface area contributed by atoms with E-state index in [0.29, 0.717) is 6.42 Å². The Labute approximate surface area is 85.5 Å². The number of carbonyl (C=O) groups is 1. The third kappa shape index (κ3) is 4.42. The molecule has 0 amide bonds. The summed E-state index contributed by atoms with van der Waals surface area (Å²) >= 11 is 0. The zero-order chi connectivity index (χ0) is 10.6. The van der Waals surface area contributed by atoms with Crippen molar-refractivity contribution in [2.45, 2.75) is 39.2 Å². The van der Waals surface area contributed by atoms with Crippen LogP contribution in [-0.4, -0.2) is 24.7 Å². The van der Waals surface area contributed by atoms with E-state index < -0.39 is 0 Å². The van der Waals surface area contributed by atoms with E-state index in [1.54, 1.807) is 0 Å². The fraction of sp³-hybridized carbons (Fsp3) is 0.727. The minimum atomic E-state index is -0.370. The summed E-state index contributed by atoms with van der Waals surface area (Å²) in [5.74, 6) is -0.120. The molecule has 0 fully saturated rings. The zero-order valence-electron chi connectivity index (χ0n) is 9.22. The molecular weight excluding hydrogens is 178 g/mol. The number of rotatable bonds is 2. The molecule has 14 heavy (non-hydrogen) atoms. The molecule has 1 heterocycles. The van der Waals surface area contributed by atoms with Crippen LogP contribution in [0.15, 0.2) is 11.6 Å². The van der Waals surface area contributed by atoms with Crippen molar-refractivity contribution in [1.82, 2.24) is 5.32 Å². The minimum Gasteiger partial charge on any atom is -0.460 e. The van der Waals surface area contributed by atoms with Crippen molar-refractivity contribution in [2.75, 3.05) is 13.1 Å². The average molecular weight is 197 g/mol. The van der Waals surface area contributed by atoms with Crippen molar-refractivity contribution in [1.29, 1.82) is 0 Å². The minimum absolute atomic E-state index is 0.120. The Bertz CT molecular complexity index is 238.